The summed E-state index contributed by atoms with van der Waals surface area (Å²) < 4.78 is 57.3. The number of carbonyl (C=O) groups is 1. The summed E-state index contributed by atoms with van der Waals surface area (Å²) in [5, 5.41) is 2.74. The normalized spacial score (nSPS) is 14.9. The molecule has 2 aromatic heterocycles. The van der Waals surface area contributed by atoms with Gasteiger partial charge in [-0.2, -0.15) is 0 Å². The summed E-state index contributed by atoms with van der Waals surface area (Å²) in [6.45, 7) is 3.75. The molecule has 0 amide bonds. The lowest BCUT2D eigenvalue weighted by Gasteiger charge is -2.15. The van der Waals surface area contributed by atoms with Crippen molar-refractivity contribution in [2.24, 2.45) is 0 Å². The molecule has 0 spiro atoms. The average molecular weight is 464 g/mol. The lowest BCUT2D eigenvalue weighted by Crippen LogP contribution is -2.26. The average Bonchev–Trinajstić information content (AvgIpc) is 3.40. The van der Waals surface area contributed by atoms with E-state index in [1.54, 1.807) is 0 Å². The summed E-state index contributed by atoms with van der Waals surface area (Å²) in [6, 6.07) is 1.84. The first-order valence-corrected chi connectivity index (χ1v) is 11.9. The van der Waals surface area contributed by atoms with E-state index in [4.69, 9.17) is 0 Å². The topological polar surface area (TPSA) is 117 Å². The van der Waals surface area contributed by atoms with Crippen LogP contribution in [0.2, 0.25) is 0 Å². The van der Waals surface area contributed by atoms with Crippen LogP contribution in [0.1, 0.15) is 55.5 Å². The van der Waals surface area contributed by atoms with E-state index >= 15 is 4.39 Å². The largest absolute Gasteiger partial charge is 0.367 e. The van der Waals surface area contributed by atoms with E-state index in [-0.39, 0.29) is 11.6 Å². The highest BCUT2D eigenvalue weighted by Crippen LogP contribution is 2.31. The number of nitrogens with one attached hydrogen (secondary N) is 3. The smallest absolute Gasteiger partial charge is 0.235 e. The fourth-order valence-electron chi connectivity index (χ4n) is 3.93. The van der Waals surface area contributed by atoms with Gasteiger partial charge in [0.25, 0.3) is 0 Å². The summed E-state index contributed by atoms with van der Waals surface area (Å²) in [5.74, 6) is -2.97. The van der Waals surface area contributed by atoms with Crippen molar-refractivity contribution in [2.75, 3.05) is 10.0 Å². The summed E-state index contributed by atoms with van der Waals surface area (Å²) >= 11 is 0. The molecule has 0 radical (unpaired) electrons. The SMILES string of the molecule is CC(C)Nc1ncnc2[nH]cc(C(=O)c3c(F)ccc(NS(=O)(=O)C4CCCC4)c3F)c12. The molecule has 1 aromatic carbocycles. The van der Waals surface area contributed by atoms with Crippen molar-refractivity contribution in [3.63, 3.8) is 0 Å². The molecule has 32 heavy (non-hydrogen) atoms. The Morgan fingerprint density at radius 1 is 1.19 bits per heavy atom. The number of carbonyl (C=O) groups excluding carboxylic acids is 1. The van der Waals surface area contributed by atoms with E-state index < -0.39 is 43.9 Å². The molecule has 1 fully saturated rings. The molecule has 170 valence electrons. The van der Waals surface area contributed by atoms with Gasteiger partial charge in [-0.1, -0.05) is 12.8 Å². The van der Waals surface area contributed by atoms with Crippen LogP contribution in [0.5, 0.6) is 0 Å². The van der Waals surface area contributed by atoms with Crippen LogP contribution in [-0.4, -0.2) is 40.4 Å². The van der Waals surface area contributed by atoms with Gasteiger partial charge in [0, 0.05) is 12.2 Å². The first kappa shape index (κ1) is 22.1. The van der Waals surface area contributed by atoms with Crippen LogP contribution in [-0.2, 0) is 10.0 Å². The second kappa shape index (κ2) is 8.45. The number of ketones is 1. The molecule has 1 saturated carbocycles. The predicted molar refractivity (Wildman–Crippen MR) is 117 cm³/mol. The quantitative estimate of drug-likeness (QED) is 0.457. The molecule has 0 saturated heterocycles. The monoisotopic (exact) mass is 463 g/mol. The summed E-state index contributed by atoms with van der Waals surface area (Å²) in [7, 11) is -3.86. The zero-order chi connectivity index (χ0) is 23.0. The van der Waals surface area contributed by atoms with Crippen LogP contribution in [0.4, 0.5) is 20.3 Å². The van der Waals surface area contributed by atoms with Crippen molar-refractivity contribution in [1.82, 2.24) is 15.0 Å². The Kier molecular flexibility index (Phi) is 5.85. The minimum absolute atomic E-state index is 0.0206. The minimum atomic E-state index is -3.86. The molecule has 0 aliphatic heterocycles. The molecule has 1 aliphatic rings. The number of aromatic nitrogens is 3. The molecule has 8 nitrogen and oxygen atoms in total. The molecule has 0 bridgehead atoms. The van der Waals surface area contributed by atoms with Crippen LogP contribution >= 0.6 is 0 Å². The molecule has 1 aliphatic carbocycles. The van der Waals surface area contributed by atoms with Crippen LogP contribution in [0, 0.1) is 11.6 Å². The fraction of sp³-hybridized carbons (Fsp3) is 0.381. The van der Waals surface area contributed by atoms with Gasteiger partial charge in [-0.3, -0.25) is 9.52 Å². The van der Waals surface area contributed by atoms with Crippen LogP contribution in [0.15, 0.2) is 24.7 Å². The molecule has 3 N–H and O–H groups in total. The third kappa shape index (κ3) is 4.04. The summed E-state index contributed by atoms with van der Waals surface area (Å²) in [5.41, 5.74) is -1.02. The number of H-pyrrole nitrogens is 1. The third-order valence-corrected chi connectivity index (χ3v) is 7.30. The molecule has 2 heterocycles. The molecule has 0 atom stereocenters. The maximum Gasteiger partial charge on any atom is 0.235 e. The van der Waals surface area contributed by atoms with Gasteiger partial charge in [0.2, 0.25) is 15.8 Å². The van der Waals surface area contributed by atoms with Gasteiger partial charge in [0.15, 0.2) is 5.82 Å². The second-order valence-electron chi connectivity index (χ2n) is 8.11. The van der Waals surface area contributed by atoms with Crippen LogP contribution in [0.25, 0.3) is 11.0 Å². The number of anilines is 2. The Hall–Kier alpha value is -3.08. The second-order valence-corrected chi connectivity index (χ2v) is 10.1. The Labute approximate surface area is 183 Å². The number of halogens is 2. The van der Waals surface area contributed by atoms with E-state index in [0.717, 1.165) is 25.0 Å². The Bertz CT molecular complexity index is 1280. The predicted octanol–water partition coefficient (Wildman–Crippen LogP) is 3.97. The molecule has 4 rings (SSSR count). The molecule has 11 heteroatoms. The Morgan fingerprint density at radius 2 is 1.91 bits per heavy atom. The van der Waals surface area contributed by atoms with E-state index in [1.165, 1.54) is 12.5 Å². The molecular weight excluding hydrogens is 440 g/mol. The van der Waals surface area contributed by atoms with Crippen molar-refractivity contribution >= 4 is 38.3 Å². The van der Waals surface area contributed by atoms with Gasteiger partial charge in [-0.25, -0.2) is 27.2 Å². The third-order valence-electron chi connectivity index (χ3n) is 5.45. The number of aromatic amines is 1. The Morgan fingerprint density at radius 3 is 2.59 bits per heavy atom. The van der Waals surface area contributed by atoms with Gasteiger partial charge < -0.3 is 10.3 Å². The summed E-state index contributed by atoms with van der Waals surface area (Å²) in [6.07, 6.45) is 5.11. The highest BCUT2D eigenvalue weighted by molar-refractivity contribution is 7.93. The van der Waals surface area contributed by atoms with E-state index in [0.29, 0.717) is 29.7 Å². The van der Waals surface area contributed by atoms with Gasteiger partial charge in [0.1, 0.15) is 23.6 Å². The zero-order valence-corrected chi connectivity index (χ0v) is 18.4. The van der Waals surface area contributed by atoms with Crippen molar-refractivity contribution in [2.45, 2.75) is 50.8 Å². The number of benzene rings is 1. The van der Waals surface area contributed by atoms with Gasteiger partial charge in [-0.15, -0.1) is 0 Å². The fourth-order valence-corrected chi connectivity index (χ4v) is 5.52. The van der Waals surface area contributed by atoms with Gasteiger partial charge >= 0.3 is 0 Å². The van der Waals surface area contributed by atoms with E-state index in [1.807, 2.05) is 13.8 Å². The zero-order valence-electron chi connectivity index (χ0n) is 17.6. The minimum Gasteiger partial charge on any atom is -0.367 e. The van der Waals surface area contributed by atoms with Gasteiger partial charge in [0.05, 0.1) is 27.5 Å². The highest BCUT2D eigenvalue weighted by Gasteiger charge is 2.31. The number of fused-ring (bicyclic) bond motifs is 1. The maximum absolute atomic E-state index is 15.3. The molecule has 3 aromatic rings. The number of hydrogen-bond acceptors (Lipinski definition) is 6. The van der Waals surface area contributed by atoms with E-state index in [2.05, 4.69) is 25.0 Å². The van der Waals surface area contributed by atoms with Crippen molar-refractivity contribution in [1.29, 1.82) is 0 Å². The number of nitrogens with zero attached hydrogens (tertiary/aromatic N) is 2. The number of sulfonamides is 1. The van der Waals surface area contributed by atoms with E-state index in [9.17, 15) is 17.6 Å². The van der Waals surface area contributed by atoms with Crippen molar-refractivity contribution in [3.05, 3.63) is 47.4 Å². The van der Waals surface area contributed by atoms with Crippen LogP contribution in [0.3, 0.4) is 0 Å². The first-order valence-electron chi connectivity index (χ1n) is 10.3. The number of hydrogen-bond donors (Lipinski definition) is 3. The van der Waals surface area contributed by atoms with Gasteiger partial charge in [-0.05, 0) is 38.8 Å². The lowest BCUT2D eigenvalue weighted by atomic mass is 10.0. The standard InChI is InChI=1S/C21H23F2N5O3S/c1-11(2)27-21-16-13(9-24-20(16)25-10-26-21)19(29)17-14(22)7-8-15(18(17)23)28-32(30,31)12-5-3-4-6-12/h7-12,28H,3-6H2,1-2H3,(H2,24,25,26,27). The van der Waals surface area contributed by atoms with Crippen LogP contribution < -0.4 is 10.0 Å². The maximum atomic E-state index is 15.3. The Balaban J connectivity index is 1.76. The highest BCUT2D eigenvalue weighted by atomic mass is 32.2. The lowest BCUT2D eigenvalue weighted by molar-refractivity contribution is 0.103. The number of rotatable bonds is 7. The van der Waals surface area contributed by atoms with Crippen molar-refractivity contribution in [3.8, 4) is 0 Å². The molecule has 0 unspecified atom stereocenters. The van der Waals surface area contributed by atoms with Crippen molar-refractivity contribution < 1.29 is 22.0 Å². The first-order chi connectivity index (χ1) is 15.2. The molecular formula is C21H23F2N5O3S. The summed E-state index contributed by atoms with van der Waals surface area (Å²) in [4.78, 5) is 24.2.